The topological polar surface area (TPSA) is 9.23 Å². The molecule has 4 heteroatoms. The van der Waals surface area contributed by atoms with Crippen LogP contribution in [0.15, 0.2) is 18.2 Å². The molecular weight excluding hydrogens is 229 g/mol. The van der Waals surface area contributed by atoms with Gasteiger partial charge in [-0.15, -0.1) is 0 Å². The molecule has 0 heterocycles. The van der Waals surface area contributed by atoms with Crippen molar-refractivity contribution in [1.82, 2.24) is 0 Å². The van der Waals surface area contributed by atoms with Crippen molar-refractivity contribution < 1.29 is 17.9 Å². The fourth-order valence-electron chi connectivity index (χ4n) is 1.92. The van der Waals surface area contributed by atoms with Gasteiger partial charge in [-0.05, 0) is 36.5 Å². The molecule has 0 aliphatic carbocycles. The van der Waals surface area contributed by atoms with Gasteiger partial charge in [0.25, 0.3) is 0 Å². The van der Waals surface area contributed by atoms with Crippen molar-refractivity contribution in [3.05, 3.63) is 29.6 Å². The maximum atomic E-state index is 13.2. The molecule has 0 aliphatic heterocycles. The van der Waals surface area contributed by atoms with Crippen molar-refractivity contribution in [1.29, 1.82) is 0 Å². The van der Waals surface area contributed by atoms with Crippen molar-refractivity contribution in [3.63, 3.8) is 0 Å². The molecule has 0 N–H and O–H groups in total. The van der Waals surface area contributed by atoms with Gasteiger partial charge in [-0.2, -0.15) is 8.78 Å². The lowest BCUT2D eigenvalue weighted by molar-refractivity contribution is -0.0522. The molecule has 0 saturated heterocycles. The molecule has 0 amide bonds. The summed E-state index contributed by atoms with van der Waals surface area (Å²) in [5.41, 5.74) is 0.853. The van der Waals surface area contributed by atoms with Gasteiger partial charge in [0, 0.05) is 0 Å². The van der Waals surface area contributed by atoms with Crippen molar-refractivity contribution >= 4 is 0 Å². The van der Waals surface area contributed by atoms with E-state index in [-0.39, 0.29) is 11.7 Å². The number of alkyl halides is 2. The third-order valence-corrected chi connectivity index (χ3v) is 2.77. The number of rotatable bonds is 6. The van der Waals surface area contributed by atoms with Crippen LogP contribution in [0.5, 0.6) is 5.75 Å². The van der Waals surface area contributed by atoms with Crippen LogP contribution in [0.3, 0.4) is 0 Å². The highest BCUT2D eigenvalue weighted by Crippen LogP contribution is 2.29. The fraction of sp³-hybridized carbons (Fsp3) is 0.538. The molecule has 0 fully saturated rings. The van der Waals surface area contributed by atoms with E-state index in [2.05, 4.69) is 11.7 Å². The second kappa shape index (κ2) is 6.52. The lowest BCUT2D eigenvalue weighted by atomic mass is 9.92. The summed E-state index contributed by atoms with van der Waals surface area (Å²) in [6.07, 6.45) is 2.85. The minimum atomic E-state index is -2.99. The Hall–Kier alpha value is -1.19. The molecule has 1 aromatic carbocycles. The molecule has 1 nitrogen and oxygen atoms in total. The van der Waals surface area contributed by atoms with Crippen LogP contribution in [0.1, 0.15) is 44.6 Å². The molecular formula is C13H17F3O. The maximum absolute atomic E-state index is 13.2. The van der Waals surface area contributed by atoms with E-state index in [0.717, 1.165) is 24.8 Å². The van der Waals surface area contributed by atoms with Crippen LogP contribution in [-0.4, -0.2) is 6.61 Å². The number of benzene rings is 1. The van der Waals surface area contributed by atoms with Crippen LogP contribution in [-0.2, 0) is 0 Å². The Bertz CT molecular complexity index is 353. The van der Waals surface area contributed by atoms with Crippen LogP contribution in [0, 0.1) is 5.82 Å². The second-order valence-corrected chi connectivity index (χ2v) is 3.96. The predicted molar refractivity (Wildman–Crippen MR) is 61.0 cm³/mol. The Kier molecular flexibility index (Phi) is 5.32. The number of ether oxygens (including phenoxy) is 1. The summed E-state index contributed by atoms with van der Waals surface area (Å²) in [6, 6.07) is 4.20. The van der Waals surface area contributed by atoms with Crippen molar-refractivity contribution in [2.24, 2.45) is 0 Å². The first kappa shape index (κ1) is 13.9. The summed E-state index contributed by atoms with van der Waals surface area (Å²) in [7, 11) is 0. The monoisotopic (exact) mass is 246 g/mol. The standard InChI is InChI=1S/C13H17F3O/c1-3-5-9(4-2)10-6-7-11(14)12(8-10)17-13(15)16/h6-9,13H,3-5H2,1-2H3. The van der Waals surface area contributed by atoms with Crippen LogP contribution >= 0.6 is 0 Å². The zero-order valence-electron chi connectivity index (χ0n) is 10.1. The second-order valence-electron chi connectivity index (χ2n) is 3.96. The zero-order valence-corrected chi connectivity index (χ0v) is 10.1. The highest BCUT2D eigenvalue weighted by molar-refractivity contribution is 5.32. The Morgan fingerprint density at radius 2 is 1.94 bits per heavy atom. The van der Waals surface area contributed by atoms with Gasteiger partial charge in [0.2, 0.25) is 0 Å². The normalized spacial score (nSPS) is 12.8. The first-order chi connectivity index (χ1) is 8.08. The molecule has 1 unspecified atom stereocenters. The number of halogens is 3. The summed E-state index contributed by atoms with van der Waals surface area (Å²) < 4.78 is 41.5. The SMILES string of the molecule is CCCC(CC)c1ccc(F)c(OC(F)F)c1. The largest absolute Gasteiger partial charge is 0.432 e. The Morgan fingerprint density at radius 3 is 2.47 bits per heavy atom. The van der Waals surface area contributed by atoms with Crippen LogP contribution in [0.25, 0.3) is 0 Å². The van der Waals surface area contributed by atoms with E-state index in [1.54, 1.807) is 6.07 Å². The first-order valence-electron chi connectivity index (χ1n) is 5.82. The van der Waals surface area contributed by atoms with Gasteiger partial charge in [-0.25, -0.2) is 4.39 Å². The molecule has 0 aromatic heterocycles. The van der Waals surface area contributed by atoms with Gasteiger partial charge in [0.1, 0.15) is 0 Å². The minimum Gasteiger partial charge on any atom is -0.432 e. The van der Waals surface area contributed by atoms with Gasteiger partial charge in [-0.1, -0.05) is 26.3 Å². The Balaban J connectivity index is 2.93. The molecule has 1 aromatic rings. The highest BCUT2D eigenvalue weighted by atomic mass is 19.3. The molecule has 0 saturated carbocycles. The number of hydrogen-bond acceptors (Lipinski definition) is 1. The lowest BCUT2D eigenvalue weighted by Gasteiger charge is -2.16. The van der Waals surface area contributed by atoms with Gasteiger partial charge in [0.05, 0.1) is 0 Å². The van der Waals surface area contributed by atoms with Crippen molar-refractivity contribution in [2.45, 2.75) is 45.6 Å². The maximum Gasteiger partial charge on any atom is 0.387 e. The van der Waals surface area contributed by atoms with E-state index in [1.165, 1.54) is 12.1 Å². The van der Waals surface area contributed by atoms with Gasteiger partial charge in [-0.3, -0.25) is 0 Å². The Labute approximate surface area is 99.6 Å². The van der Waals surface area contributed by atoms with E-state index in [4.69, 9.17) is 0 Å². The molecule has 0 aliphatic rings. The predicted octanol–water partition coefficient (Wildman–Crippen LogP) is 4.72. The fourth-order valence-corrected chi connectivity index (χ4v) is 1.92. The highest BCUT2D eigenvalue weighted by Gasteiger charge is 2.14. The molecule has 0 spiro atoms. The third-order valence-electron chi connectivity index (χ3n) is 2.77. The zero-order chi connectivity index (χ0) is 12.8. The molecule has 1 atom stereocenters. The van der Waals surface area contributed by atoms with Crippen molar-refractivity contribution in [3.8, 4) is 5.75 Å². The average Bonchev–Trinajstić information content (AvgIpc) is 2.28. The van der Waals surface area contributed by atoms with Crippen LogP contribution < -0.4 is 4.74 Å². The molecule has 17 heavy (non-hydrogen) atoms. The summed E-state index contributed by atoms with van der Waals surface area (Å²) >= 11 is 0. The molecule has 0 bridgehead atoms. The quantitative estimate of drug-likeness (QED) is 0.705. The molecule has 0 radical (unpaired) electrons. The van der Waals surface area contributed by atoms with Gasteiger partial charge < -0.3 is 4.74 Å². The van der Waals surface area contributed by atoms with Gasteiger partial charge >= 0.3 is 6.61 Å². The molecule has 96 valence electrons. The number of hydrogen-bond donors (Lipinski definition) is 0. The summed E-state index contributed by atoms with van der Waals surface area (Å²) in [5.74, 6) is -0.854. The smallest absolute Gasteiger partial charge is 0.387 e. The lowest BCUT2D eigenvalue weighted by Crippen LogP contribution is -2.05. The molecule has 1 rings (SSSR count). The summed E-state index contributed by atoms with van der Waals surface area (Å²) in [6.45, 7) is 1.09. The van der Waals surface area contributed by atoms with E-state index < -0.39 is 12.4 Å². The first-order valence-corrected chi connectivity index (χ1v) is 5.82. The summed E-state index contributed by atoms with van der Waals surface area (Å²) in [5, 5.41) is 0. The van der Waals surface area contributed by atoms with Crippen LogP contribution in [0.4, 0.5) is 13.2 Å². The van der Waals surface area contributed by atoms with E-state index in [9.17, 15) is 13.2 Å². The van der Waals surface area contributed by atoms with Gasteiger partial charge in [0.15, 0.2) is 11.6 Å². The average molecular weight is 246 g/mol. The van der Waals surface area contributed by atoms with Crippen molar-refractivity contribution in [2.75, 3.05) is 0 Å². The van der Waals surface area contributed by atoms with E-state index >= 15 is 0 Å². The summed E-state index contributed by atoms with van der Waals surface area (Å²) in [4.78, 5) is 0. The third kappa shape index (κ3) is 3.95. The Morgan fingerprint density at radius 1 is 1.24 bits per heavy atom. The minimum absolute atomic E-state index is 0.264. The van der Waals surface area contributed by atoms with E-state index in [1.807, 2.05) is 6.92 Å². The van der Waals surface area contributed by atoms with Crippen LogP contribution in [0.2, 0.25) is 0 Å². The van der Waals surface area contributed by atoms with E-state index in [0.29, 0.717) is 0 Å².